The molecule has 0 fully saturated rings. The van der Waals surface area contributed by atoms with Crippen LogP contribution in [0.5, 0.6) is 0 Å². The zero-order valence-corrected chi connectivity index (χ0v) is 15.6. The lowest BCUT2D eigenvalue weighted by molar-refractivity contribution is 0.275. The van der Waals surface area contributed by atoms with Crippen molar-refractivity contribution < 1.29 is 4.39 Å². The Bertz CT molecular complexity index is 439. The lowest BCUT2D eigenvalue weighted by Crippen LogP contribution is -2.33. The fourth-order valence-corrected chi connectivity index (χ4v) is 3.61. The van der Waals surface area contributed by atoms with Crippen molar-refractivity contribution in [1.82, 2.24) is 5.32 Å². The number of hydrogen-bond donors (Lipinski definition) is 1. The van der Waals surface area contributed by atoms with Gasteiger partial charge in [-0.2, -0.15) is 0 Å². The molecule has 1 rings (SSSR count). The number of halogens is 2. The van der Waals surface area contributed by atoms with Crippen LogP contribution in [0.25, 0.3) is 0 Å². The molecule has 2 atom stereocenters. The van der Waals surface area contributed by atoms with Crippen LogP contribution in [-0.2, 0) is 6.42 Å². The lowest BCUT2D eigenvalue weighted by atomic mass is 9.82. The standard InChI is InChI=1S/C18H29BrFN/c1-6-21-16(9-13(2)12-18(3,4)5)10-14-7-8-15(20)11-17(14)19/h7-8,11,13,16,21H,6,9-10,12H2,1-5H3. The zero-order valence-electron chi connectivity index (χ0n) is 14.0. The summed E-state index contributed by atoms with van der Waals surface area (Å²) in [6.07, 6.45) is 3.30. The minimum atomic E-state index is -0.188. The normalized spacial score (nSPS) is 15.0. The number of benzene rings is 1. The molecule has 0 aromatic heterocycles. The molecule has 1 aromatic rings. The van der Waals surface area contributed by atoms with Gasteiger partial charge in [-0.3, -0.25) is 0 Å². The summed E-state index contributed by atoms with van der Waals surface area (Å²) in [7, 11) is 0. The summed E-state index contributed by atoms with van der Waals surface area (Å²) in [5.74, 6) is 0.486. The molecule has 0 saturated carbocycles. The van der Waals surface area contributed by atoms with E-state index < -0.39 is 0 Å². The molecule has 21 heavy (non-hydrogen) atoms. The second kappa shape index (κ2) is 8.28. The van der Waals surface area contributed by atoms with Gasteiger partial charge in [-0.15, -0.1) is 0 Å². The van der Waals surface area contributed by atoms with Gasteiger partial charge in [0, 0.05) is 10.5 Å². The van der Waals surface area contributed by atoms with Crippen molar-refractivity contribution in [2.75, 3.05) is 6.54 Å². The molecule has 0 aliphatic rings. The van der Waals surface area contributed by atoms with Crippen molar-refractivity contribution in [3.63, 3.8) is 0 Å². The second-order valence-electron chi connectivity index (χ2n) is 7.30. The van der Waals surface area contributed by atoms with Crippen LogP contribution in [0.2, 0.25) is 0 Å². The number of hydrogen-bond acceptors (Lipinski definition) is 1. The molecule has 0 radical (unpaired) electrons. The van der Waals surface area contributed by atoms with Crippen LogP contribution in [0.1, 0.15) is 53.0 Å². The molecule has 0 bridgehead atoms. The maximum atomic E-state index is 13.2. The quantitative estimate of drug-likeness (QED) is 0.672. The van der Waals surface area contributed by atoms with Crippen LogP contribution in [-0.4, -0.2) is 12.6 Å². The van der Waals surface area contributed by atoms with Gasteiger partial charge in [-0.25, -0.2) is 4.39 Å². The maximum Gasteiger partial charge on any atom is 0.124 e. The van der Waals surface area contributed by atoms with Gasteiger partial charge in [0.15, 0.2) is 0 Å². The lowest BCUT2D eigenvalue weighted by Gasteiger charge is -2.27. The third-order valence-electron chi connectivity index (χ3n) is 3.62. The van der Waals surface area contributed by atoms with E-state index in [0.717, 1.165) is 23.9 Å². The van der Waals surface area contributed by atoms with Gasteiger partial charge in [0.1, 0.15) is 5.82 Å². The summed E-state index contributed by atoms with van der Waals surface area (Å²) in [6, 6.07) is 5.42. The molecule has 0 saturated heterocycles. The first-order valence-corrected chi connectivity index (χ1v) is 8.68. The molecule has 0 amide bonds. The Morgan fingerprint density at radius 1 is 1.29 bits per heavy atom. The van der Waals surface area contributed by atoms with E-state index in [9.17, 15) is 4.39 Å². The van der Waals surface area contributed by atoms with Crippen LogP contribution >= 0.6 is 15.9 Å². The Morgan fingerprint density at radius 3 is 2.48 bits per heavy atom. The zero-order chi connectivity index (χ0) is 16.0. The van der Waals surface area contributed by atoms with Crippen LogP contribution in [0.15, 0.2) is 22.7 Å². The molecule has 0 heterocycles. The molecule has 3 heteroatoms. The molecule has 1 aromatic carbocycles. The maximum absolute atomic E-state index is 13.2. The Morgan fingerprint density at radius 2 is 1.95 bits per heavy atom. The number of rotatable bonds is 7. The van der Waals surface area contributed by atoms with E-state index in [4.69, 9.17) is 0 Å². The largest absolute Gasteiger partial charge is 0.314 e. The molecule has 0 aliphatic carbocycles. The highest BCUT2D eigenvalue weighted by Crippen LogP contribution is 2.28. The minimum absolute atomic E-state index is 0.188. The Kier molecular flexibility index (Phi) is 7.35. The topological polar surface area (TPSA) is 12.0 Å². The van der Waals surface area contributed by atoms with E-state index in [-0.39, 0.29) is 5.82 Å². The third-order valence-corrected chi connectivity index (χ3v) is 4.36. The van der Waals surface area contributed by atoms with E-state index >= 15 is 0 Å². The van der Waals surface area contributed by atoms with Crippen molar-refractivity contribution in [3.05, 3.63) is 34.1 Å². The first-order valence-electron chi connectivity index (χ1n) is 7.88. The van der Waals surface area contributed by atoms with Crippen LogP contribution in [0.4, 0.5) is 4.39 Å². The molecule has 0 spiro atoms. The average Bonchev–Trinajstić information content (AvgIpc) is 2.30. The van der Waals surface area contributed by atoms with E-state index in [1.165, 1.54) is 12.0 Å². The molecule has 0 aliphatic heterocycles. The van der Waals surface area contributed by atoms with Gasteiger partial charge in [0.2, 0.25) is 0 Å². The van der Waals surface area contributed by atoms with Crippen molar-refractivity contribution in [3.8, 4) is 0 Å². The third kappa shape index (κ3) is 7.42. The predicted octanol–water partition coefficient (Wildman–Crippen LogP) is 5.57. The highest BCUT2D eigenvalue weighted by molar-refractivity contribution is 9.10. The highest BCUT2D eigenvalue weighted by atomic mass is 79.9. The Balaban J connectivity index is 2.68. The van der Waals surface area contributed by atoms with Crippen molar-refractivity contribution in [1.29, 1.82) is 0 Å². The van der Waals surface area contributed by atoms with Crippen LogP contribution in [0.3, 0.4) is 0 Å². The van der Waals surface area contributed by atoms with Gasteiger partial charge >= 0.3 is 0 Å². The minimum Gasteiger partial charge on any atom is -0.314 e. The summed E-state index contributed by atoms with van der Waals surface area (Å²) in [6.45, 7) is 12.3. The van der Waals surface area contributed by atoms with Gasteiger partial charge in [-0.05, 0) is 54.8 Å². The molecular formula is C18H29BrFN. The first kappa shape index (κ1) is 18.6. The molecule has 1 nitrogen and oxygen atoms in total. The fraction of sp³-hybridized carbons (Fsp3) is 0.667. The molecule has 1 N–H and O–H groups in total. The first-order chi connectivity index (χ1) is 9.71. The number of nitrogens with one attached hydrogen (secondary N) is 1. The van der Waals surface area contributed by atoms with Crippen molar-refractivity contribution in [2.45, 2.75) is 59.9 Å². The monoisotopic (exact) mass is 357 g/mol. The van der Waals surface area contributed by atoms with Gasteiger partial charge in [0.05, 0.1) is 0 Å². The Labute approximate surface area is 137 Å². The average molecular weight is 358 g/mol. The van der Waals surface area contributed by atoms with E-state index in [2.05, 4.69) is 55.9 Å². The number of likely N-dealkylation sites (N-methyl/N-ethyl adjacent to an activating group) is 1. The Hall–Kier alpha value is -0.410. The summed E-state index contributed by atoms with van der Waals surface area (Å²) < 4.78 is 14.1. The van der Waals surface area contributed by atoms with Gasteiger partial charge in [-0.1, -0.05) is 56.6 Å². The molecule has 2 unspecified atom stereocenters. The summed E-state index contributed by atoms with van der Waals surface area (Å²) in [5.41, 5.74) is 1.54. The molecular weight excluding hydrogens is 329 g/mol. The van der Waals surface area contributed by atoms with E-state index in [1.54, 1.807) is 12.1 Å². The summed E-state index contributed by atoms with van der Waals surface area (Å²) >= 11 is 3.47. The van der Waals surface area contributed by atoms with Crippen molar-refractivity contribution in [2.24, 2.45) is 11.3 Å². The van der Waals surface area contributed by atoms with Crippen molar-refractivity contribution >= 4 is 15.9 Å². The van der Waals surface area contributed by atoms with Crippen LogP contribution < -0.4 is 5.32 Å². The van der Waals surface area contributed by atoms with E-state index in [0.29, 0.717) is 17.4 Å². The van der Waals surface area contributed by atoms with Gasteiger partial charge in [0.25, 0.3) is 0 Å². The predicted molar refractivity (Wildman–Crippen MR) is 93.1 cm³/mol. The van der Waals surface area contributed by atoms with Gasteiger partial charge < -0.3 is 5.32 Å². The van der Waals surface area contributed by atoms with E-state index in [1.807, 2.05) is 6.07 Å². The summed E-state index contributed by atoms with van der Waals surface area (Å²) in [5, 5.41) is 3.58. The second-order valence-corrected chi connectivity index (χ2v) is 8.15. The molecule has 120 valence electrons. The highest BCUT2D eigenvalue weighted by Gasteiger charge is 2.19. The fourth-order valence-electron chi connectivity index (χ4n) is 3.09. The SMILES string of the molecule is CCNC(Cc1ccc(F)cc1Br)CC(C)CC(C)(C)C. The van der Waals surface area contributed by atoms with Crippen LogP contribution in [0, 0.1) is 17.2 Å². The summed E-state index contributed by atoms with van der Waals surface area (Å²) in [4.78, 5) is 0. The smallest absolute Gasteiger partial charge is 0.124 e.